The molecule has 0 fully saturated rings. The third-order valence-corrected chi connectivity index (χ3v) is 3.15. The molecule has 1 rings (SSSR count). The molecule has 0 aliphatic heterocycles. The summed E-state index contributed by atoms with van der Waals surface area (Å²) in [6.07, 6.45) is 2.76. The molecule has 1 N–H and O–H groups in total. The highest BCUT2D eigenvalue weighted by atomic mass is 16.4. The normalized spacial score (nSPS) is 13.9. The third-order valence-electron chi connectivity index (χ3n) is 3.15. The molecule has 0 aliphatic rings. The first-order valence-corrected chi connectivity index (χ1v) is 5.81. The van der Waals surface area contributed by atoms with Crippen molar-refractivity contribution < 1.29 is 9.90 Å². The molecule has 0 bridgehead atoms. The Bertz CT molecular complexity index is 408. The molecular weight excluding hydrogens is 212 g/mol. The molecule has 0 amide bonds. The summed E-state index contributed by atoms with van der Waals surface area (Å²) in [6.45, 7) is 8.86. The Hall–Kier alpha value is -1.57. The molecule has 0 heterocycles. The first-order valence-electron chi connectivity index (χ1n) is 5.81. The first-order chi connectivity index (χ1) is 7.80. The molecule has 0 saturated heterocycles. The van der Waals surface area contributed by atoms with Gasteiger partial charge in [0.15, 0.2) is 0 Å². The number of aliphatic carboxylic acids is 1. The number of rotatable bonds is 3. The van der Waals surface area contributed by atoms with Gasteiger partial charge in [0, 0.05) is 6.08 Å². The van der Waals surface area contributed by atoms with E-state index in [0.29, 0.717) is 5.92 Å². The Morgan fingerprint density at radius 1 is 1.24 bits per heavy atom. The van der Waals surface area contributed by atoms with Crippen molar-refractivity contribution >= 4 is 12.0 Å². The topological polar surface area (TPSA) is 37.3 Å². The molecule has 0 spiro atoms. The predicted molar refractivity (Wildman–Crippen MR) is 71.0 cm³/mol. The van der Waals surface area contributed by atoms with E-state index < -0.39 is 5.97 Å². The van der Waals surface area contributed by atoms with Crippen molar-refractivity contribution in [1.82, 2.24) is 0 Å². The van der Waals surface area contributed by atoms with Crippen LogP contribution in [0.4, 0.5) is 0 Å². The van der Waals surface area contributed by atoms with Gasteiger partial charge in [-0.3, -0.25) is 0 Å². The van der Waals surface area contributed by atoms with Crippen LogP contribution in [0.5, 0.6) is 0 Å². The Morgan fingerprint density at radius 2 is 1.76 bits per heavy atom. The zero-order chi connectivity index (χ0) is 13.1. The number of carboxylic acids is 1. The fraction of sp³-hybridized carbons (Fsp3) is 0.400. The van der Waals surface area contributed by atoms with Gasteiger partial charge in [0.25, 0.3) is 0 Å². The monoisotopic (exact) mass is 232 g/mol. The lowest BCUT2D eigenvalue weighted by molar-refractivity contribution is -0.131. The second-order valence-corrected chi connectivity index (χ2v) is 5.43. The average Bonchev–Trinajstić information content (AvgIpc) is 2.25. The fourth-order valence-corrected chi connectivity index (χ4v) is 1.56. The molecule has 0 radical (unpaired) electrons. The highest BCUT2D eigenvalue weighted by Crippen LogP contribution is 2.34. The van der Waals surface area contributed by atoms with Gasteiger partial charge in [-0.2, -0.15) is 0 Å². The lowest BCUT2D eigenvalue weighted by Gasteiger charge is -2.27. The minimum absolute atomic E-state index is 0.235. The van der Waals surface area contributed by atoms with Crippen LogP contribution in [0.3, 0.4) is 0 Å². The second kappa shape index (κ2) is 5.17. The van der Waals surface area contributed by atoms with Crippen LogP contribution in [0.15, 0.2) is 30.3 Å². The van der Waals surface area contributed by atoms with E-state index in [2.05, 4.69) is 39.8 Å². The van der Waals surface area contributed by atoms with Crippen LogP contribution >= 0.6 is 0 Å². The Morgan fingerprint density at radius 3 is 2.18 bits per heavy atom. The smallest absolute Gasteiger partial charge is 0.328 e. The van der Waals surface area contributed by atoms with E-state index in [4.69, 9.17) is 5.11 Å². The molecular formula is C15H20O2. The highest BCUT2D eigenvalue weighted by molar-refractivity contribution is 5.85. The van der Waals surface area contributed by atoms with E-state index in [1.165, 1.54) is 5.56 Å². The number of carboxylic acid groups (broad SMARTS) is 1. The van der Waals surface area contributed by atoms with Crippen molar-refractivity contribution in [3.63, 3.8) is 0 Å². The van der Waals surface area contributed by atoms with E-state index in [0.717, 1.165) is 11.6 Å². The van der Waals surface area contributed by atoms with Crippen molar-refractivity contribution in [3.05, 3.63) is 41.5 Å². The lowest BCUT2D eigenvalue weighted by atomic mass is 9.78. The Balaban J connectivity index is 2.85. The summed E-state index contributed by atoms with van der Waals surface area (Å²) >= 11 is 0. The van der Waals surface area contributed by atoms with Gasteiger partial charge in [0.05, 0.1) is 0 Å². The van der Waals surface area contributed by atoms with E-state index in [-0.39, 0.29) is 5.41 Å². The zero-order valence-corrected chi connectivity index (χ0v) is 10.9. The Labute approximate surface area is 103 Å². The van der Waals surface area contributed by atoms with Crippen LogP contribution < -0.4 is 0 Å². The van der Waals surface area contributed by atoms with Crippen LogP contribution in [-0.4, -0.2) is 11.1 Å². The Kier molecular flexibility index (Phi) is 4.11. The summed E-state index contributed by atoms with van der Waals surface area (Å²) in [4.78, 5) is 10.4. The maximum Gasteiger partial charge on any atom is 0.328 e. The molecule has 17 heavy (non-hydrogen) atoms. The van der Waals surface area contributed by atoms with Gasteiger partial charge in [-0.05, 0) is 28.5 Å². The van der Waals surface area contributed by atoms with Crippen LogP contribution in [0, 0.1) is 5.41 Å². The van der Waals surface area contributed by atoms with Gasteiger partial charge < -0.3 is 5.11 Å². The molecule has 0 aliphatic carbocycles. The van der Waals surface area contributed by atoms with Crippen molar-refractivity contribution in [1.29, 1.82) is 0 Å². The minimum Gasteiger partial charge on any atom is -0.478 e. The maximum absolute atomic E-state index is 10.4. The molecule has 2 nitrogen and oxygen atoms in total. The molecule has 0 saturated carbocycles. The summed E-state index contributed by atoms with van der Waals surface area (Å²) in [6, 6.07) is 8.04. The van der Waals surface area contributed by atoms with Gasteiger partial charge in [0.2, 0.25) is 0 Å². The third kappa shape index (κ3) is 4.06. The van der Waals surface area contributed by atoms with Crippen molar-refractivity contribution in [2.45, 2.75) is 33.6 Å². The number of carbonyl (C=O) groups is 1. The van der Waals surface area contributed by atoms with Crippen molar-refractivity contribution in [3.8, 4) is 0 Å². The quantitative estimate of drug-likeness (QED) is 0.802. The van der Waals surface area contributed by atoms with Crippen LogP contribution in [0.2, 0.25) is 0 Å². The van der Waals surface area contributed by atoms with Crippen LogP contribution in [0.1, 0.15) is 44.7 Å². The lowest BCUT2D eigenvalue weighted by Crippen LogP contribution is -2.15. The SMILES string of the molecule is CC(c1ccc(/C=C/C(=O)O)cc1)C(C)(C)C. The molecule has 92 valence electrons. The number of benzene rings is 1. The van der Waals surface area contributed by atoms with Crippen molar-refractivity contribution in [2.24, 2.45) is 5.41 Å². The number of hydrogen-bond acceptors (Lipinski definition) is 1. The minimum atomic E-state index is -0.919. The molecule has 1 aromatic rings. The maximum atomic E-state index is 10.4. The fourth-order valence-electron chi connectivity index (χ4n) is 1.56. The largest absolute Gasteiger partial charge is 0.478 e. The molecule has 1 aromatic carbocycles. The van der Waals surface area contributed by atoms with E-state index in [1.807, 2.05) is 12.1 Å². The predicted octanol–water partition coefficient (Wildman–Crippen LogP) is 3.93. The first kappa shape index (κ1) is 13.5. The van der Waals surface area contributed by atoms with Gasteiger partial charge in [-0.15, -0.1) is 0 Å². The van der Waals surface area contributed by atoms with E-state index >= 15 is 0 Å². The number of hydrogen-bond donors (Lipinski definition) is 1. The summed E-state index contributed by atoms with van der Waals surface area (Å²) in [5, 5.41) is 8.54. The zero-order valence-electron chi connectivity index (χ0n) is 10.9. The molecule has 2 heteroatoms. The summed E-state index contributed by atoms with van der Waals surface area (Å²) in [5.74, 6) is -0.447. The van der Waals surface area contributed by atoms with Gasteiger partial charge in [-0.1, -0.05) is 52.0 Å². The van der Waals surface area contributed by atoms with Crippen molar-refractivity contribution in [2.75, 3.05) is 0 Å². The molecule has 1 unspecified atom stereocenters. The molecule has 0 aromatic heterocycles. The van der Waals surface area contributed by atoms with Crippen LogP contribution in [0.25, 0.3) is 6.08 Å². The van der Waals surface area contributed by atoms with E-state index in [9.17, 15) is 4.79 Å². The van der Waals surface area contributed by atoms with Gasteiger partial charge >= 0.3 is 5.97 Å². The van der Waals surface area contributed by atoms with Crippen LogP contribution in [-0.2, 0) is 4.79 Å². The second-order valence-electron chi connectivity index (χ2n) is 5.43. The molecule has 1 atom stereocenters. The average molecular weight is 232 g/mol. The summed E-state index contributed by atoms with van der Waals surface area (Å²) in [7, 11) is 0. The summed E-state index contributed by atoms with van der Waals surface area (Å²) in [5.41, 5.74) is 2.43. The van der Waals surface area contributed by atoms with Gasteiger partial charge in [0.1, 0.15) is 0 Å². The highest BCUT2D eigenvalue weighted by Gasteiger charge is 2.21. The summed E-state index contributed by atoms with van der Waals surface area (Å²) < 4.78 is 0. The standard InChI is InChI=1S/C15H20O2/c1-11(15(2,3)4)13-8-5-12(6-9-13)7-10-14(16)17/h5-11H,1-4H3,(H,16,17)/b10-7+. The van der Waals surface area contributed by atoms with E-state index in [1.54, 1.807) is 6.08 Å². The van der Waals surface area contributed by atoms with Gasteiger partial charge in [-0.25, -0.2) is 4.79 Å².